The van der Waals surface area contributed by atoms with E-state index in [1.54, 1.807) is 31.2 Å². The number of carboxylic acid groups (broad SMARTS) is 1. The van der Waals surface area contributed by atoms with Gasteiger partial charge in [0.1, 0.15) is 11.4 Å². The molecule has 0 aromatic heterocycles. The Morgan fingerprint density at radius 2 is 2.05 bits per heavy atom. The molecular weight excluding hydrogens is 293 g/mol. The van der Waals surface area contributed by atoms with E-state index >= 15 is 0 Å². The van der Waals surface area contributed by atoms with Crippen molar-refractivity contribution in [1.29, 1.82) is 0 Å². The first-order chi connectivity index (χ1) is 9.90. The average molecular weight is 308 g/mol. The molecule has 0 fully saturated rings. The van der Waals surface area contributed by atoms with Crippen LogP contribution in [0.25, 0.3) is 0 Å². The van der Waals surface area contributed by atoms with Crippen LogP contribution < -0.4 is 5.32 Å². The Hall–Kier alpha value is -2.07. The number of carboxylic acids is 1. The van der Waals surface area contributed by atoms with Crippen LogP contribution in [0.15, 0.2) is 36.4 Å². The third-order valence-corrected chi connectivity index (χ3v) is 3.61. The monoisotopic (exact) mass is 307 g/mol. The molecule has 0 spiro atoms. The van der Waals surface area contributed by atoms with Crippen molar-refractivity contribution < 1.29 is 14.3 Å². The van der Waals surface area contributed by atoms with Gasteiger partial charge in [-0.15, -0.1) is 0 Å². The van der Waals surface area contributed by atoms with Crippen LogP contribution >= 0.6 is 11.6 Å². The minimum absolute atomic E-state index is 0.0126. The molecule has 0 saturated heterocycles. The highest BCUT2D eigenvalue weighted by Crippen LogP contribution is 2.28. The minimum atomic E-state index is -1.11. The van der Waals surface area contributed by atoms with Gasteiger partial charge >= 0.3 is 5.97 Å². The number of aromatic carboxylic acids is 1. The fraction of sp³-hybridized carbons (Fsp3) is 0.188. The lowest BCUT2D eigenvalue weighted by atomic mass is 10.0. The molecule has 1 unspecified atom stereocenters. The van der Waals surface area contributed by atoms with Gasteiger partial charge in [0.25, 0.3) is 0 Å². The molecule has 0 bridgehead atoms. The molecule has 3 nitrogen and oxygen atoms in total. The van der Waals surface area contributed by atoms with E-state index in [-0.39, 0.29) is 22.4 Å². The SMILES string of the molecule is Cc1ccc(C(C)Nc2cccc(Cl)c2C(=O)O)cc1F. The number of halogens is 2. The van der Waals surface area contributed by atoms with Crippen LogP contribution in [0.5, 0.6) is 0 Å². The van der Waals surface area contributed by atoms with Crippen molar-refractivity contribution >= 4 is 23.3 Å². The van der Waals surface area contributed by atoms with Gasteiger partial charge < -0.3 is 10.4 Å². The van der Waals surface area contributed by atoms with Crippen molar-refractivity contribution in [1.82, 2.24) is 0 Å². The zero-order valence-corrected chi connectivity index (χ0v) is 12.4. The molecule has 21 heavy (non-hydrogen) atoms. The Morgan fingerprint density at radius 3 is 2.67 bits per heavy atom. The molecule has 0 aliphatic carbocycles. The van der Waals surface area contributed by atoms with E-state index in [1.165, 1.54) is 12.1 Å². The summed E-state index contributed by atoms with van der Waals surface area (Å²) in [4.78, 5) is 11.3. The molecule has 110 valence electrons. The van der Waals surface area contributed by atoms with Gasteiger partial charge in [0.2, 0.25) is 0 Å². The van der Waals surface area contributed by atoms with Gasteiger partial charge in [0.15, 0.2) is 0 Å². The summed E-state index contributed by atoms with van der Waals surface area (Å²) in [6.45, 7) is 3.52. The minimum Gasteiger partial charge on any atom is -0.478 e. The fourth-order valence-electron chi connectivity index (χ4n) is 2.06. The van der Waals surface area contributed by atoms with Crippen molar-refractivity contribution in [2.45, 2.75) is 19.9 Å². The van der Waals surface area contributed by atoms with Crippen LogP contribution in [0.3, 0.4) is 0 Å². The normalized spacial score (nSPS) is 12.0. The molecule has 0 heterocycles. The second kappa shape index (κ2) is 6.14. The van der Waals surface area contributed by atoms with E-state index in [0.29, 0.717) is 11.3 Å². The van der Waals surface area contributed by atoms with Crippen LogP contribution in [-0.2, 0) is 0 Å². The average Bonchev–Trinajstić information content (AvgIpc) is 2.41. The number of benzene rings is 2. The number of rotatable bonds is 4. The lowest BCUT2D eigenvalue weighted by Crippen LogP contribution is -2.11. The van der Waals surface area contributed by atoms with E-state index < -0.39 is 5.97 Å². The van der Waals surface area contributed by atoms with E-state index in [4.69, 9.17) is 11.6 Å². The van der Waals surface area contributed by atoms with Crippen molar-refractivity contribution in [2.24, 2.45) is 0 Å². The summed E-state index contributed by atoms with van der Waals surface area (Å²) in [6, 6.07) is 9.51. The van der Waals surface area contributed by atoms with Gasteiger partial charge in [-0.1, -0.05) is 29.8 Å². The zero-order chi connectivity index (χ0) is 15.6. The van der Waals surface area contributed by atoms with Gasteiger partial charge in [-0.05, 0) is 43.2 Å². The molecule has 0 aliphatic rings. The second-order valence-electron chi connectivity index (χ2n) is 4.84. The van der Waals surface area contributed by atoms with Gasteiger partial charge in [0, 0.05) is 6.04 Å². The Balaban J connectivity index is 2.31. The summed E-state index contributed by atoms with van der Waals surface area (Å²) < 4.78 is 13.6. The molecule has 0 radical (unpaired) electrons. The fourth-order valence-corrected chi connectivity index (χ4v) is 2.31. The van der Waals surface area contributed by atoms with E-state index in [1.807, 2.05) is 6.92 Å². The van der Waals surface area contributed by atoms with Gasteiger partial charge in [-0.25, -0.2) is 9.18 Å². The molecule has 2 aromatic carbocycles. The second-order valence-corrected chi connectivity index (χ2v) is 5.25. The smallest absolute Gasteiger partial charge is 0.339 e. The number of hydrogen-bond acceptors (Lipinski definition) is 2. The van der Waals surface area contributed by atoms with Crippen molar-refractivity contribution in [3.8, 4) is 0 Å². The molecule has 0 saturated carbocycles. The highest BCUT2D eigenvalue weighted by molar-refractivity contribution is 6.34. The van der Waals surface area contributed by atoms with Crippen molar-refractivity contribution in [3.05, 3.63) is 63.9 Å². The summed E-state index contributed by atoms with van der Waals surface area (Å²) in [5.41, 5.74) is 1.72. The third kappa shape index (κ3) is 3.34. The lowest BCUT2D eigenvalue weighted by molar-refractivity contribution is 0.0698. The summed E-state index contributed by atoms with van der Waals surface area (Å²) in [6.07, 6.45) is 0. The summed E-state index contributed by atoms with van der Waals surface area (Å²) in [7, 11) is 0. The first-order valence-corrected chi connectivity index (χ1v) is 6.82. The van der Waals surface area contributed by atoms with E-state index in [2.05, 4.69) is 5.32 Å². The van der Waals surface area contributed by atoms with Crippen LogP contribution in [-0.4, -0.2) is 11.1 Å². The summed E-state index contributed by atoms with van der Waals surface area (Å²) in [5.74, 6) is -1.39. The first kappa shape index (κ1) is 15.3. The van der Waals surface area contributed by atoms with Gasteiger partial charge in [-0.3, -0.25) is 0 Å². The Labute approximate surface area is 127 Å². The molecular formula is C16H15ClFNO2. The molecule has 1 atom stereocenters. The Kier molecular flexibility index (Phi) is 4.48. The number of carbonyl (C=O) groups is 1. The number of aryl methyl sites for hydroxylation is 1. The molecule has 5 heteroatoms. The van der Waals surface area contributed by atoms with E-state index in [0.717, 1.165) is 5.56 Å². The maximum atomic E-state index is 13.6. The summed E-state index contributed by atoms with van der Waals surface area (Å²) in [5, 5.41) is 12.5. The Bertz CT molecular complexity index is 688. The van der Waals surface area contributed by atoms with Gasteiger partial charge in [0.05, 0.1) is 10.7 Å². The predicted molar refractivity (Wildman–Crippen MR) is 81.6 cm³/mol. The largest absolute Gasteiger partial charge is 0.478 e. The highest BCUT2D eigenvalue weighted by Gasteiger charge is 2.16. The standard InChI is InChI=1S/C16H15ClFNO2/c1-9-6-7-11(8-13(9)18)10(2)19-14-5-3-4-12(17)15(14)16(20)21/h3-8,10,19H,1-2H3,(H,20,21). The van der Waals surface area contributed by atoms with Crippen LogP contribution in [0.1, 0.15) is 34.5 Å². The maximum Gasteiger partial charge on any atom is 0.339 e. The predicted octanol–water partition coefficient (Wildman–Crippen LogP) is 4.66. The molecule has 0 aliphatic heterocycles. The quantitative estimate of drug-likeness (QED) is 0.863. The van der Waals surface area contributed by atoms with Crippen LogP contribution in [0.2, 0.25) is 5.02 Å². The first-order valence-electron chi connectivity index (χ1n) is 6.44. The molecule has 2 aromatic rings. The molecule has 0 amide bonds. The number of nitrogens with one attached hydrogen (secondary N) is 1. The van der Waals surface area contributed by atoms with Crippen molar-refractivity contribution in [3.63, 3.8) is 0 Å². The third-order valence-electron chi connectivity index (χ3n) is 3.30. The zero-order valence-electron chi connectivity index (χ0n) is 11.7. The van der Waals surface area contributed by atoms with E-state index in [9.17, 15) is 14.3 Å². The van der Waals surface area contributed by atoms with Gasteiger partial charge in [-0.2, -0.15) is 0 Å². The highest BCUT2D eigenvalue weighted by atomic mass is 35.5. The van der Waals surface area contributed by atoms with Crippen molar-refractivity contribution in [2.75, 3.05) is 5.32 Å². The lowest BCUT2D eigenvalue weighted by Gasteiger charge is -2.18. The topological polar surface area (TPSA) is 49.3 Å². The number of anilines is 1. The van der Waals surface area contributed by atoms with Crippen LogP contribution in [0.4, 0.5) is 10.1 Å². The Morgan fingerprint density at radius 1 is 1.33 bits per heavy atom. The molecule has 2 rings (SSSR count). The maximum absolute atomic E-state index is 13.6. The summed E-state index contributed by atoms with van der Waals surface area (Å²) >= 11 is 5.92. The number of hydrogen-bond donors (Lipinski definition) is 2. The van der Waals surface area contributed by atoms with Crippen LogP contribution in [0, 0.1) is 12.7 Å². The molecule has 2 N–H and O–H groups in total.